The van der Waals surface area contributed by atoms with Crippen LogP contribution in [0.15, 0.2) is 23.4 Å². The van der Waals surface area contributed by atoms with E-state index >= 15 is 0 Å². The Labute approximate surface area is 140 Å². The van der Waals surface area contributed by atoms with Gasteiger partial charge >= 0.3 is 0 Å². The number of H-pyrrole nitrogens is 1. The van der Waals surface area contributed by atoms with E-state index in [2.05, 4.69) is 15.3 Å². The van der Waals surface area contributed by atoms with Crippen LogP contribution in [0, 0.1) is 0 Å². The Kier molecular flexibility index (Phi) is 5.03. The molecule has 2 aromatic heterocycles. The molecule has 0 amide bonds. The van der Waals surface area contributed by atoms with Gasteiger partial charge in [0.25, 0.3) is 0 Å². The maximum Gasteiger partial charge on any atom is 0.245 e. The molecular weight excluding hydrogens is 347 g/mol. The topological polar surface area (TPSA) is 78.1 Å². The third kappa shape index (κ3) is 2.72. The van der Waals surface area contributed by atoms with E-state index < -0.39 is 10.0 Å². The Balaban J connectivity index is 0.00000176. The van der Waals surface area contributed by atoms with Crippen LogP contribution in [0.2, 0.25) is 5.02 Å². The van der Waals surface area contributed by atoms with E-state index in [9.17, 15) is 8.42 Å². The van der Waals surface area contributed by atoms with E-state index in [4.69, 9.17) is 11.6 Å². The van der Waals surface area contributed by atoms with Gasteiger partial charge in [-0.3, -0.25) is 0 Å². The maximum atomic E-state index is 13.0. The molecule has 9 heteroatoms. The molecule has 0 aromatic carbocycles. The lowest BCUT2D eigenvalue weighted by molar-refractivity contribution is 0.233. The fraction of sp³-hybridized carbons (Fsp3) is 0.462. The highest BCUT2D eigenvalue weighted by Gasteiger charge is 2.36. The third-order valence-electron chi connectivity index (χ3n) is 4.05. The summed E-state index contributed by atoms with van der Waals surface area (Å²) < 4.78 is 27.5. The Morgan fingerprint density at radius 1 is 1.41 bits per heavy atom. The normalized spacial score (nSPS) is 23.4. The molecule has 0 spiro atoms. The number of halogens is 2. The fourth-order valence-corrected chi connectivity index (χ4v) is 4.86. The zero-order valence-corrected chi connectivity index (χ0v) is 14.6. The minimum atomic E-state index is -3.61. The van der Waals surface area contributed by atoms with E-state index in [1.165, 1.54) is 10.5 Å². The van der Waals surface area contributed by atoms with Gasteiger partial charge in [0.15, 0.2) is 0 Å². The molecular formula is C13H18Cl2N4O2S. The van der Waals surface area contributed by atoms with Crippen LogP contribution in [-0.2, 0) is 10.0 Å². The van der Waals surface area contributed by atoms with Gasteiger partial charge in [-0.05, 0) is 19.9 Å². The largest absolute Gasteiger partial charge is 0.345 e. The number of nitrogens with zero attached hydrogens (tertiary/aromatic N) is 2. The second-order valence-corrected chi connectivity index (χ2v) is 7.53. The molecule has 3 rings (SSSR count). The summed E-state index contributed by atoms with van der Waals surface area (Å²) in [6, 6.07) is 1.58. The van der Waals surface area contributed by atoms with E-state index in [0.29, 0.717) is 29.1 Å². The quantitative estimate of drug-likeness (QED) is 0.854. The molecule has 2 unspecified atom stereocenters. The number of nitrogens with one attached hydrogen (secondary N) is 2. The van der Waals surface area contributed by atoms with Gasteiger partial charge in [0.1, 0.15) is 10.5 Å². The summed E-state index contributed by atoms with van der Waals surface area (Å²) in [4.78, 5) is 7.19. The number of sulfonamides is 1. The molecule has 3 heterocycles. The SMILES string of the molecule is CC1NCCN(S(=O)(=O)c2c[nH]c3nccc(Cl)c23)C1C.Cl. The van der Waals surface area contributed by atoms with Crippen molar-refractivity contribution in [1.29, 1.82) is 0 Å². The van der Waals surface area contributed by atoms with Crippen molar-refractivity contribution in [2.24, 2.45) is 0 Å². The first-order chi connectivity index (χ1) is 9.93. The molecule has 2 N–H and O–H groups in total. The van der Waals surface area contributed by atoms with Crippen molar-refractivity contribution in [1.82, 2.24) is 19.6 Å². The van der Waals surface area contributed by atoms with Crippen LogP contribution in [-0.4, -0.2) is 47.9 Å². The number of piperazine rings is 1. The monoisotopic (exact) mass is 364 g/mol. The Morgan fingerprint density at radius 3 is 2.86 bits per heavy atom. The molecule has 1 fully saturated rings. The predicted molar refractivity (Wildman–Crippen MR) is 89.2 cm³/mol. The maximum absolute atomic E-state index is 13.0. The lowest BCUT2D eigenvalue weighted by Crippen LogP contribution is -2.56. The zero-order chi connectivity index (χ0) is 15.2. The van der Waals surface area contributed by atoms with Crippen molar-refractivity contribution in [3.05, 3.63) is 23.5 Å². The summed E-state index contributed by atoms with van der Waals surface area (Å²) in [5.74, 6) is 0. The number of hydrogen-bond donors (Lipinski definition) is 2. The first-order valence-corrected chi connectivity index (χ1v) is 8.61. The first kappa shape index (κ1) is 17.5. The summed E-state index contributed by atoms with van der Waals surface area (Å²) >= 11 is 6.16. The van der Waals surface area contributed by atoms with Crippen LogP contribution in [0.4, 0.5) is 0 Å². The summed E-state index contributed by atoms with van der Waals surface area (Å²) in [6.45, 7) is 4.97. The van der Waals surface area contributed by atoms with E-state index in [1.807, 2.05) is 13.8 Å². The molecule has 2 atom stereocenters. The smallest absolute Gasteiger partial charge is 0.245 e. The van der Waals surface area contributed by atoms with Crippen LogP contribution >= 0.6 is 24.0 Å². The standard InChI is InChI=1S/C13H17ClN4O2S.ClH/c1-8-9(2)18(6-5-15-8)21(19,20)11-7-17-13-12(11)10(14)3-4-16-13;/h3-4,7-9,15H,5-6H2,1-2H3,(H,16,17);1H. The van der Waals surface area contributed by atoms with Crippen LogP contribution in [0.5, 0.6) is 0 Å². The van der Waals surface area contributed by atoms with E-state index in [-0.39, 0.29) is 29.4 Å². The highest BCUT2D eigenvalue weighted by molar-refractivity contribution is 7.89. The van der Waals surface area contributed by atoms with Crippen molar-refractivity contribution >= 4 is 45.1 Å². The van der Waals surface area contributed by atoms with Crippen molar-refractivity contribution in [3.63, 3.8) is 0 Å². The summed E-state index contributed by atoms with van der Waals surface area (Å²) in [7, 11) is -3.61. The van der Waals surface area contributed by atoms with Gasteiger partial charge in [-0.1, -0.05) is 11.6 Å². The third-order valence-corrected chi connectivity index (χ3v) is 6.37. The Bertz CT molecular complexity index is 777. The van der Waals surface area contributed by atoms with Crippen LogP contribution < -0.4 is 5.32 Å². The minimum Gasteiger partial charge on any atom is -0.345 e. The summed E-state index contributed by atoms with van der Waals surface area (Å²) in [5.41, 5.74) is 0.483. The van der Waals surface area contributed by atoms with Gasteiger partial charge in [0.05, 0.1) is 10.4 Å². The number of rotatable bonds is 2. The highest BCUT2D eigenvalue weighted by Crippen LogP contribution is 2.31. The number of aromatic amines is 1. The molecule has 0 saturated carbocycles. The van der Waals surface area contributed by atoms with Crippen molar-refractivity contribution in [2.75, 3.05) is 13.1 Å². The van der Waals surface area contributed by atoms with Gasteiger partial charge in [0.2, 0.25) is 10.0 Å². The highest BCUT2D eigenvalue weighted by atomic mass is 35.5. The zero-order valence-electron chi connectivity index (χ0n) is 12.2. The van der Waals surface area contributed by atoms with Gasteiger partial charge in [-0.15, -0.1) is 12.4 Å². The van der Waals surface area contributed by atoms with E-state index in [1.54, 1.807) is 12.3 Å². The van der Waals surface area contributed by atoms with Gasteiger partial charge in [-0.25, -0.2) is 13.4 Å². The second kappa shape index (κ2) is 6.33. The second-order valence-electron chi connectivity index (χ2n) is 5.27. The van der Waals surface area contributed by atoms with Crippen LogP contribution in [0.3, 0.4) is 0 Å². The van der Waals surface area contributed by atoms with Crippen molar-refractivity contribution in [2.45, 2.75) is 30.8 Å². The molecule has 0 radical (unpaired) electrons. The fourth-order valence-electron chi connectivity index (χ4n) is 2.68. The minimum absolute atomic E-state index is 0. The average molecular weight is 365 g/mol. The molecule has 0 aliphatic carbocycles. The lowest BCUT2D eigenvalue weighted by atomic mass is 10.1. The predicted octanol–water partition coefficient (Wildman–Crippen LogP) is 2.01. The molecule has 22 heavy (non-hydrogen) atoms. The summed E-state index contributed by atoms with van der Waals surface area (Å²) in [5, 5.41) is 4.12. The number of fused-ring (bicyclic) bond motifs is 1. The van der Waals surface area contributed by atoms with Crippen LogP contribution in [0.1, 0.15) is 13.8 Å². The molecule has 6 nitrogen and oxygen atoms in total. The lowest BCUT2D eigenvalue weighted by Gasteiger charge is -2.37. The van der Waals surface area contributed by atoms with Gasteiger partial charge in [0, 0.05) is 37.6 Å². The van der Waals surface area contributed by atoms with E-state index in [0.717, 1.165) is 0 Å². The average Bonchev–Trinajstić information content (AvgIpc) is 2.88. The molecule has 0 bridgehead atoms. The number of pyridine rings is 1. The number of hydrogen-bond acceptors (Lipinski definition) is 4. The molecule has 1 aliphatic rings. The van der Waals surface area contributed by atoms with Gasteiger partial charge < -0.3 is 10.3 Å². The molecule has 1 saturated heterocycles. The van der Waals surface area contributed by atoms with Crippen molar-refractivity contribution < 1.29 is 8.42 Å². The molecule has 122 valence electrons. The van der Waals surface area contributed by atoms with Crippen molar-refractivity contribution in [3.8, 4) is 0 Å². The molecule has 2 aromatic rings. The van der Waals surface area contributed by atoms with Gasteiger partial charge in [-0.2, -0.15) is 4.31 Å². The summed E-state index contributed by atoms with van der Waals surface area (Å²) in [6.07, 6.45) is 3.02. The molecule has 1 aliphatic heterocycles. The Morgan fingerprint density at radius 2 is 2.14 bits per heavy atom. The Hall–Kier alpha value is -0.860. The van der Waals surface area contributed by atoms with Crippen LogP contribution in [0.25, 0.3) is 11.0 Å². The number of aromatic nitrogens is 2. The first-order valence-electron chi connectivity index (χ1n) is 6.79.